The van der Waals surface area contributed by atoms with Crippen molar-refractivity contribution in [2.45, 2.75) is 38.1 Å². The van der Waals surface area contributed by atoms with Crippen molar-refractivity contribution in [3.05, 3.63) is 10.6 Å². The van der Waals surface area contributed by atoms with Crippen LogP contribution in [0, 0.1) is 0 Å². The fraction of sp³-hybridized carbons (Fsp3) is 0.583. The number of aliphatic carboxylic acids is 1. The van der Waals surface area contributed by atoms with Gasteiger partial charge in [-0.1, -0.05) is 0 Å². The number of aliphatic hydroxyl groups is 1. The van der Waals surface area contributed by atoms with E-state index in [1.807, 2.05) is 0 Å². The summed E-state index contributed by atoms with van der Waals surface area (Å²) in [4.78, 5) is 28.1. The maximum atomic E-state index is 11.7. The summed E-state index contributed by atoms with van der Waals surface area (Å²) < 4.78 is 0. The van der Waals surface area contributed by atoms with Crippen LogP contribution < -0.4 is 10.6 Å². The number of rotatable bonds is 5. The van der Waals surface area contributed by atoms with Crippen LogP contribution in [0.2, 0.25) is 0 Å². The Morgan fingerprint density at radius 2 is 2.10 bits per heavy atom. The van der Waals surface area contributed by atoms with E-state index in [0.717, 1.165) is 31.4 Å². The third-order valence-electron chi connectivity index (χ3n) is 3.09. The highest BCUT2D eigenvalue weighted by atomic mass is 32.1. The number of aromatic nitrogens is 1. The van der Waals surface area contributed by atoms with E-state index in [4.69, 9.17) is 10.2 Å². The molecular formula is C12H17N3O4S. The van der Waals surface area contributed by atoms with Gasteiger partial charge in [0.2, 0.25) is 0 Å². The summed E-state index contributed by atoms with van der Waals surface area (Å²) in [5, 5.41) is 23.0. The molecule has 1 aromatic rings. The Morgan fingerprint density at radius 1 is 1.35 bits per heavy atom. The first-order chi connectivity index (χ1) is 9.60. The van der Waals surface area contributed by atoms with Crippen molar-refractivity contribution in [2.75, 3.05) is 11.9 Å². The van der Waals surface area contributed by atoms with Gasteiger partial charge < -0.3 is 15.5 Å². The van der Waals surface area contributed by atoms with Crippen molar-refractivity contribution in [1.82, 2.24) is 10.3 Å². The summed E-state index contributed by atoms with van der Waals surface area (Å²) in [6, 6.07) is -1.72. The number of nitrogens with zero attached hydrogens (tertiary/aromatic N) is 1. The van der Waals surface area contributed by atoms with Crippen LogP contribution in [-0.4, -0.2) is 39.8 Å². The van der Waals surface area contributed by atoms with Gasteiger partial charge in [0.05, 0.1) is 5.69 Å². The lowest BCUT2D eigenvalue weighted by molar-refractivity contribution is -0.139. The fourth-order valence-electron chi connectivity index (χ4n) is 2.08. The number of carbonyl (C=O) groups is 2. The molecule has 0 radical (unpaired) electrons. The molecule has 0 aromatic carbocycles. The molecule has 0 bridgehead atoms. The number of urea groups is 1. The summed E-state index contributed by atoms with van der Waals surface area (Å²) in [5.41, 5.74) is 1.03. The molecule has 0 unspecified atom stereocenters. The second-order valence-electron chi connectivity index (χ2n) is 4.60. The highest BCUT2D eigenvalue weighted by Gasteiger charge is 2.21. The molecule has 1 aliphatic carbocycles. The maximum absolute atomic E-state index is 11.7. The van der Waals surface area contributed by atoms with Gasteiger partial charge in [-0.2, -0.15) is 0 Å². The normalized spacial score (nSPS) is 15.2. The Hall–Kier alpha value is -1.67. The molecule has 0 saturated carbocycles. The fourth-order valence-corrected chi connectivity index (χ4v) is 3.13. The van der Waals surface area contributed by atoms with Gasteiger partial charge in [0, 0.05) is 17.9 Å². The third-order valence-corrected chi connectivity index (χ3v) is 4.16. The van der Waals surface area contributed by atoms with Crippen LogP contribution in [0.3, 0.4) is 0 Å². The predicted molar refractivity (Wildman–Crippen MR) is 74.0 cm³/mol. The number of carboxylic acid groups (broad SMARTS) is 1. The third kappa shape index (κ3) is 3.67. The number of hydrogen-bond acceptors (Lipinski definition) is 5. The first-order valence-corrected chi connectivity index (χ1v) is 7.31. The molecule has 1 heterocycles. The number of thiazole rings is 1. The van der Waals surface area contributed by atoms with E-state index < -0.39 is 18.0 Å². The van der Waals surface area contributed by atoms with Crippen LogP contribution >= 0.6 is 11.3 Å². The molecule has 7 nitrogen and oxygen atoms in total. The van der Waals surface area contributed by atoms with Crippen molar-refractivity contribution in [2.24, 2.45) is 0 Å². The number of aliphatic hydroxyl groups excluding tert-OH is 1. The minimum absolute atomic E-state index is 0.0306. The number of hydrogen-bond donors (Lipinski definition) is 4. The van der Waals surface area contributed by atoms with E-state index in [1.165, 1.54) is 16.2 Å². The zero-order valence-corrected chi connectivity index (χ0v) is 11.7. The topological polar surface area (TPSA) is 112 Å². The van der Waals surface area contributed by atoms with E-state index in [2.05, 4.69) is 15.6 Å². The van der Waals surface area contributed by atoms with Gasteiger partial charge in [-0.3, -0.25) is 5.32 Å². The molecule has 4 N–H and O–H groups in total. The molecule has 110 valence electrons. The van der Waals surface area contributed by atoms with Crippen LogP contribution in [0.15, 0.2) is 0 Å². The summed E-state index contributed by atoms with van der Waals surface area (Å²) in [6.45, 7) is -0.303. The number of aryl methyl sites for hydroxylation is 2. The lowest BCUT2D eigenvalue weighted by atomic mass is 10.0. The van der Waals surface area contributed by atoms with Crippen molar-refractivity contribution < 1.29 is 19.8 Å². The van der Waals surface area contributed by atoms with Gasteiger partial charge >= 0.3 is 12.0 Å². The molecule has 20 heavy (non-hydrogen) atoms. The SMILES string of the molecule is O=C(Nc1nc2c(s1)CCCC2)N[C@@H](CCO)C(=O)O. The van der Waals surface area contributed by atoms with E-state index in [9.17, 15) is 9.59 Å². The number of nitrogens with one attached hydrogen (secondary N) is 2. The molecule has 0 aliphatic heterocycles. The Balaban J connectivity index is 1.93. The number of carboxylic acids is 1. The summed E-state index contributed by atoms with van der Waals surface area (Å²) >= 11 is 1.43. The zero-order valence-electron chi connectivity index (χ0n) is 10.9. The molecule has 1 atom stereocenters. The lowest BCUT2D eigenvalue weighted by Crippen LogP contribution is -2.43. The largest absolute Gasteiger partial charge is 0.480 e. The van der Waals surface area contributed by atoms with E-state index in [0.29, 0.717) is 5.13 Å². The van der Waals surface area contributed by atoms with Crippen LogP contribution in [0.25, 0.3) is 0 Å². The molecule has 0 saturated heterocycles. The number of anilines is 1. The smallest absolute Gasteiger partial charge is 0.326 e. The van der Waals surface area contributed by atoms with Gasteiger partial charge in [-0.15, -0.1) is 11.3 Å². The van der Waals surface area contributed by atoms with Crippen LogP contribution in [0.4, 0.5) is 9.93 Å². The second-order valence-corrected chi connectivity index (χ2v) is 5.68. The molecule has 2 rings (SSSR count). The Kier molecular flexibility index (Phi) is 4.91. The highest BCUT2D eigenvalue weighted by Crippen LogP contribution is 2.29. The minimum Gasteiger partial charge on any atom is -0.480 e. The predicted octanol–water partition coefficient (Wildman–Crippen LogP) is 0.979. The van der Waals surface area contributed by atoms with Crippen molar-refractivity contribution in [3.63, 3.8) is 0 Å². The molecule has 2 amide bonds. The second kappa shape index (κ2) is 6.67. The average Bonchev–Trinajstić information content (AvgIpc) is 2.79. The average molecular weight is 299 g/mol. The molecule has 1 aromatic heterocycles. The standard InChI is InChI=1S/C12H17N3O4S/c16-6-5-8(10(17)18)13-11(19)15-12-14-7-3-1-2-4-9(7)20-12/h8,16H,1-6H2,(H,17,18)(H2,13,14,15,19)/t8-/m0/s1. The maximum Gasteiger partial charge on any atom is 0.326 e. The van der Waals surface area contributed by atoms with Crippen LogP contribution in [0.5, 0.6) is 0 Å². The van der Waals surface area contributed by atoms with Gasteiger partial charge in [0.25, 0.3) is 0 Å². The van der Waals surface area contributed by atoms with Gasteiger partial charge in [0.15, 0.2) is 5.13 Å². The first kappa shape index (κ1) is 14.7. The zero-order chi connectivity index (χ0) is 14.5. The van der Waals surface area contributed by atoms with Crippen molar-refractivity contribution in [3.8, 4) is 0 Å². The number of fused-ring (bicyclic) bond motifs is 1. The lowest BCUT2D eigenvalue weighted by Gasteiger charge is -2.12. The Bertz CT molecular complexity index is 479. The van der Waals surface area contributed by atoms with Crippen LogP contribution in [-0.2, 0) is 17.6 Å². The van der Waals surface area contributed by atoms with Gasteiger partial charge in [-0.25, -0.2) is 14.6 Å². The molecule has 0 fully saturated rings. The minimum atomic E-state index is -1.17. The Morgan fingerprint density at radius 3 is 2.75 bits per heavy atom. The molecule has 1 aliphatic rings. The summed E-state index contributed by atoms with van der Waals surface area (Å²) in [5.74, 6) is -1.17. The van der Waals surface area contributed by atoms with E-state index >= 15 is 0 Å². The van der Waals surface area contributed by atoms with Crippen molar-refractivity contribution in [1.29, 1.82) is 0 Å². The quantitative estimate of drug-likeness (QED) is 0.647. The van der Waals surface area contributed by atoms with Crippen molar-refractivity contribution >= 4 is 28.5 Å². The summed E-state index contributed by atoms with van der Waals surface area (Å²) in [6.07, 6.45) is 4.13. The first-order valence-electron chi connectivity index (χ1n) is 6.50. The van der Waals surface area contributed by atoms with Crippen LogP contribution in [0.1, 0.15) is 29.8 Å². The monoisotopic (exact) mass is 299 g/mol. The van der Waals surface area contributed by atoms with E-state index in [1.54, 1.807) is 0 Å². The molecular weight excluding hydrogens is 282 g/mol. The van der Waals surface area contributed by atoms with Gasteiger partial charge in [-0.05, 0) is 25.7 Å². The number of amides is 2. The Labute approximate surface area is 120 Å². The van der Waals surface area contributed by atoms with E-state index in [-0.39, 0.29) is 13.0 Å². The molecule has 8 heteroatoms. The number of carbonyl (C=O) groups excluding carboxylic acids is 1. The summed E-state index contributed by atoms with van der Waals surface area (Å²) in [7, 11) is 0. The highest BCUT2D eigenvalue weighted by molar-refractivity contribution is 7.15. The molecule has 0 spiro atoms. The van der Waals surface area contributed by atoms with Gasteiger partial charge in [0.1, 0.15) is 6.04 Å².